The van der Waals surface area contributed by atoms with Crippen molar-refractivity contribution in [3.05, 3.63) is 0 Å². The molecule has 0 aromatic rings. The number of carbonyl (C=O) groups excluding carboxylic acids is 2. The van der Waals surface area contributed by atoms with Gasteiger partial charge in [-0.15, -0.1) is 11.8 Å². The Balaban J connectivity index is 2.02. The van der Waals surface area contributed by atoms with Gasteiger partial charge >= 0.3 is 5.97 Å². The Morgan fingerprint density at radius 3 is 2.94 bits per heavy atom. The fraction of sp³-hybridized carbons (Fsp3) is 0.833. The molecule has 2 atom stereocenters. The van der Waals surface area contributed by atoms with Crippen molar-refractivity contribution < 1.29 is 14.3 Å². The first-order chi connectivity index (χ1) is 8.74. The van der Waals surface area contributed by atoms with E-state index in [0.29, 0.717) is 13.2 Å². The number of ether oxygens (including phenoxy) is 1. The Labute approximate surface area is 112 Å². The molecule has 0 saturated carbocycles. The van der Waals surface area contributed by atoms with Crippen LogP contribution in [0.1, 0.15) is 26.2 Å². The number of hydrogen-bond donors (Lipinski definition) is 1. The minimum Gasteiger partial charge on any atom is -0.464 e. The van der Waals surface area contributed by atoms with Gasteiger partial charge in [-0.3, -0.25) is 10.1 Å². The van der Waals surface area contributed by atoms with Gasteiger partial charge in [-0.2, -0.15) is 0 Å². The smallest absolute Gasteiger partial charge is 0.328 e. The summed E-state index contributed by atoms with van der Waals surface area (Å²) < 4.78 is 5.07. The zero-order valence-electron chi connectivity index (χ0n) is 10.7. The van der Waals surface area contributed by atoms with Crippen LogP contribution in [0.25, 0.3) is 0 Å². The molecule has 2 heterocycles. The highest BCUT2D eigenvalue weighted by molar-refractivity contribution is 7.99. The van der Waals surface area contributed by atoms with Gasteiger partial charge in [0.15, 0.2) is 0 Å². The van der Waals surface area contributed by atoms with E-state index in [9.17, 15) is 9.59 Å². The van der Waals surface area contributed by atoms with Crippen molar-refractivity contribution in [3.8, 4) is 0 Å². The number of nitrogens with zero attached hydrogens (tertiary/aromatic N) is 1. The zero-order valence-corrected chi connectivity index (χ0v) is 11.5. The van der Waals surface area contributed by atoms with Gasteiger partial charge in [0.2, 0.25) is 5.91 Å². The third kappa shape index (κ3) is 2.98. The Morgan fingerprint density at radius 2 is 2.28 bits per heavy atom. The van der Waals surface area contributed by atoms with Crippen LogP contribution in [0, 0.1) is 0 Å². The van der Waals surface area contributed by atoms with E-state index in [1.54, 1.807) is 23.6 Å². The number of thioether (sulfide) groups is 1. The highest BCUT2D eigenvalue weighted by Gasteiger charge is 2.37. The van der Waals surface area contributed by atoms with Gasteiger partial charge in [0.1, 0.15) is 6.04 Å². The second kappa shape index (κ2) is 6.43. The van der Waals surface area contributed by atoms with Crippen LogP contribution in [-0.4, -0.2) is 53.6 Å². The third-order valence-electron chi connectivity index (χ3n) is 3.36. The molecule has 0 aromatic heterocycles. The molecule has 0 radical (unpaired) electrons. The molecule has 0 spiro atoms. The minimum absolute atomic E-state index is 0.0535. The molecule has 2 rings (SSSR count). The summed E-state index contributed by atoms with van der Waals surface area (Å²) in [5, 5.41) is 3.16. The van der Waals surface area contributed by atoms with Gasteiger partial charge in [0.05, 0.1) is 12.6 Å². The van der Waals surface area contributed by atoms with Crippen LogP contribution in [0.5, 0.6) is 0 Å². The van der Waals surface area contributed by atoms with Crippen LogP contribution in [0.3, 0.4) is 0 Å². The number of esters is 1. The highest BCUT2D eigenvalue weighted by Crippen LogP contribution is 2.21. The minimum atomic E-state index is -0.376. The third-order valence-corrected chi connectivity index (χ3v) is 4.30. The summed E-state index contributed by atoms with van der Waals surface area (Å²) in [5.74, 6) is 1.41. The maximum absolute atomic E-state index is 12.4. The summed E-state index contributed by atoms with van der Waals surface area (Å²) in [4.78, 5) is 26.0. The van der Waals surface area contributed by atoms with Crippen LogP contribution in [0.2, 0.25) is 0 Å². The van der Waals surface area contributed by atoms with Crippen molar-refractivity contribution in [3.63, 3.8) is 0 Å². The fourth-order valence-corrected chi connectivity index (χ4v) is 3.37. The summed E-state index contributed by atoms with van der Waals surface area (Å²) in [7, 11) is 0. The van der Waals surface area contributed by atoms with Crippen LogP contribution in [0.15, 0.2) is 0 Å². The zero-order chi connectivity index (χ0) is 13.0. The molecular formula is C12H20N2O3S. The largest absolute Gasteiger partial charge is 0.464 e. The molecule has 1 N–H and O–H groups in total. The number of hydrogen-bond acceptors (Lipinski definition) is 5. The molecule has 2 aliphatic heterocycles. The van der Waals surface area contributed by atoms with Crippen LogP contribution in [0.4, 0.5) is 0 Å². The Bertz CT molecular complexity index is 318. The van der Waals surface area contributed by atoms with Crippen molar-refractivity contribution in [1.29, 1.82) is 0 Å². The standard InChI is InChI=1S/C12H20N2O3S/c1-2-17-12(16)10-5-3-4-6-14(10)11(15)9-7-18-8-13-9/h9-10,13H,2-8H2,1H3. The highest BCUT2D eigenvalue weighted by atomic mass is 32.2. The number of rotatable bonds is 3. The van der Waals surface area contributed by atoms with Crippen molar-refractivity contribution in [2.45, 2.75) is 38.3 Å². The molecule has 6 heteroatoms. The van der Waals surface area contributed by atoms with Crippen LogP contribution in [-0.2, 0) is 14.3 Å². The van der Waals surface area contributed by atoms with E-state index in [1.165, 1.54) is 0 Å². The topological polar surface area (TPSA) is 58.6 Å². The van der Waals surface area contributed by atoms with E-state index in [4.69, 9.17) is 4.74 Å². The molecule has 0 aromatic carbocycles. The van der Waals surface area contributed by atoms with E-state index < -0.39 is 0 Å². The van der Waals surface area contributed by atoms with Crippen molar-refractivity contribution >= 4 is 23.6 Å². The molecule has 2 unspecified atom stereocenters. The predicted molar refractivity (Wildman–Crippen MR) is 70.2 cm³/mol. The van der Waals surface area contributed by atoms with Gasteiger partial charge in [-0.05, 0) is 26.2 Å². The van der Waals surface area contributed by atoms with E-state index in [1.807, 2.05) is 0 Å². The van der Waals surface area contributed by atoms with Gasteiger partial charge in [0, 0.05) is 18.2 Å². The van der Waals surface area contributed by atoms with Crippen molar-refractivity contribution in [2.24, 2.45) is 0 Å². The van der Waals surface area contributed by atoms with Gasteiger partial charge in [0.25, 0.3) is 0 Å². The van der Waals surface area contributed by atoms with Gasteiger partial charge < -0.3 is 9.64 Å². The van der Waals surface area contributed by atoms with E-state index >= 15 is 0 Å². The molecule has 2 fully saturated rings. The first-order valence-electron chi connectivity index (χ1n) is 6.52. The quantitative estimate of drug-likeness (QED) is 0.762. The lowest BCUT2D eigenvalue weighted by molar-refractivity contribution is -0.157. The summed E-state index contributed by atoms with van der Waals surface area (Å²) in [6, 6.07) is -0.511. The SMILES string of the molecule is CCOC(=O)C1CCCCN1C(=O)C1CSCN1. The van der Waals surface area contributed by atoms with Crippen molar-refractivity contribution in [2.75, 3.05) is 24.8 Å². The Kier molecular flexibility index (Phi) is 4.88. The lowest BCUT2D eigenvalue weighted by Gasteiger charge is -2.35. The lowest BCUT2D eigenvalue weighted by atomic mass is 10.0. The normalized spacial score (nSPS) is 28.2. The summed E-state index contributed by atoms with van der Waals surface area (Å²) in [6.07, 6.45) is 2.69. The molecule has 5 nitrogen and oxygen atoms in total. The number of piperidine rings is 1. The average molecular weight is 272 g/mol. The van der Waals surface area contributed by atoms with E-state index in [0.717, 1.165) is 30.9 Å². The molecule has 0 bridgehead atoms. The summed E-state index contributed by atoms with van der Waals surface area (Å²) in [5.41, 5.74) is 0. The first-order valence-corrected chi connectivity index (χ1v) is 7.67. The van der Waals surface area contributed by atoms with E-state index in [2.05, 4.69) is 5.32 Å². The molecule has 0 aliphatic carbocycles. The predicted octanol–water partition coefficient (Wildman–Crippen LogP) is 0.593. The summed E-state index contributed by atoms with van der Waals surface area (Å²) >= 11 is 1.72. The number of amides is 1. The maximum Gasteiger partial charge on any atom is 0.328 e. The molecule has 18 heavy (non-hydrogen) atoms. The molecular weight excluding hydrogens is 252 g/mol. The van der Waals surface area contributed by atoms with Gasteiger partial charge in [-0.25, -0.2) is 4.79 Å². The van der Waals surface area contributed by atoms with Crippen LogP contribution < -0.4 is 5.32 Å². The molecule has 102 valence electrons. The number of carbonyl (C=O) groups is 2. The number of nitrogens with one attached hydrogen (secondary N) is 1. The van der Waals surface area contributed by atoms with E-state index in [-0.39, 0.29) is 24.0 Å². The maximum atomic E-state index is 12.4. The Morgan fingerprint density at radius 1 is 1.44 bits per heavy atom. The Hall–Kier alpha value is -0.750. The molecule has 2 saturated heterocycles. The number of likely N-dealkylation sites (tertiary alicyclic amines) is 1. The average Bonchev–Trinajstić information content (AvgIpc) is 2.92. The van der Waals surface area contributed by atoms with Gasteiger partial charge in [-0.1, -0.05) is 0 Å². The second-order valence-corrected chi connectivity index (χ2v) is 5.60. The summed E-state index contributed by atoms with van der Waals surface area (Å²) in [6.45, 7) is 2.84. The monoisotopic (exact) mass is 272 g/mol. The van der Waals surface area contributed by atoms with Crippen molar-refractivity contribution in [1.82, 2.24) is 10.2 Å². The lowest BCUT2D eigenvalue weighted by Crippen LogP contribution is -2.54. The fourth-order valence-electron chi connectivity index (χ4n) is 2.43. The van der Waals surface area contributed by atoms with Crippen LogP contribution >= 0.6 is 11.8 Å². The second-order valence-electron chi connectivity index (χ2n) is 4.57. The molecule has 1 amide bonds. The molecule has 2 aliphatic rings. The first kappa shape index (κ1) is 13.7.